The minimum absolute atomic E-state index is 0.212. The quantitative estimate of drug-likeness (QED) is 0.808. The molecule has 0 saturated carbocycles. The van der Waals surface area contributed by atoms with Gasteiger partial charge in [0.2, 0.25) is 0 Å². The van der Waals surface area contributed by atoms with Gasteiger partial charge in [0.15, 0.2) is 0 Å². The van der Waals surface area contributed by atoms with Crippen molar-refractivity contribution in [3.63, 3.8) is 0 Å². The first-order valence-corrected chi connectivity index (χ1v) is 7.54. The van der Waals surface area contributed by atoms with Crippen LogP contribution >= 0.6 is 0 Å². The Kier molecular flexibility index (Phi) is 6.22. The van der Waals surface area contributed by atoms with Crippen molar-refractivity contribution in [2.45, 2.75) is 19.3 Å². The van der Waals surface area contributed by atoms with Crippen molar-refractivity contribution in [1.82, 2.24) is 0 Å². The Balaban J connectivity index is 1.88. The van der Waals surface area contributed by atoms with E-state index in [4.69, 9.17) is 15.2 Å². The third-order valence-corrected chi connectivity index (χ3v) is 3.48. The highest BCUT2D eigenvalue weighted by molar-refractivity contribution is 5.29. The summed E-state index contributed by atoms with van der Waals surface area (Å²) in [6, 6.07) is 14.1. The largest absolute Gasteiger partial charge is 0.494 e. The zero-order valence-corrected chi connectivity index (χ0v) is 12.8. The first-order chi connectivity index (χ1) is 10.7. The summed E-state index contributed by atoms with van der Waals surface area (Å²) >= 11 is 0. The van der Waals surface area contributed by atoms with Crippen molar-refractivity contribution >= 4 is 0 Å². The van der Waals surface area contributed by atoms with Gasteiger partial charge in [-0.1, -0.05) is 18.2 Å². The van der Waals surface area contributed by atoms with Gasteiger partial charge in [0.1, 0.15) is 17.3 Å². The zero-order chi connectivity index (χ0) is 15.8. The summed E-state index contributed by atoms with van der Waals surface area (Å²) < 4.78 is 24.1. The molecule has 0 radical (unpaired) electrons. The van der Waals surface area contributed by atoms with Crippen LogP contribution in [0.1, 0.15) is 24.8 Å². The van der Waals surface area contributed by atoms with Gasteiger partial charge in [-0.15, -0.1) is 0 Å². The molecule has 0 fully saturated rings. The Morgan fingerprint density at radius 1 is 1.05 bits per heavy atom. The number of benzene rings is 2. The van der Waals surface area contributed by atoms with E-state index in [1.54, 1.807) is 12.1 Å². The molecule has 2 aromatic rings. The minimum Gasteiger partial charge on any atom is -0.494 e. The van der Waals surface area contributed by atoms with E-state index >= 15 is 0 Å². The van der Waals surface area contributed by atoms with Crippen LogP contribution in [0.4, 0.5) is 4.39 Å². The lowest BCUT2D eigenvalue weighted by Gasteiger charge is -2.16. The van der Waals surface area contributed by atoms with Crippen molar-refractivity contribution < 1.29 is 13.9 Å². The normalized spacial score (nSPS) is 12.0. The van der Waals surface area contributed by atoms with E-state index in [9.17, 15) is 4.39 Å². The van der Waals surface area contributed by atoms with Crippen LogP contribution < -0.4 is 15.2 Å². The van der Waals surface area contributed by atoms with Crippen LogP contribution in [0.5, 0.6) is 11.5 Å². The van der Waals surface area contributed by atoms with Crippen molar-refractivity contribution in [3.8, 4) is 11.5 Å². The molecule has 2 aromatic carbocycles. The lowest BCUT2D eigenvalue weighted by Crippen LogP contribution is -2.15. The molecule has 0 saturated heterocycles. The first-order valence-electron chi connectivity index (χ1n) is 7.54. The fourth-order valence-electron chi connectivity index (χ4n) is 2.30. The van der Waals surface area contributed by atoms with E-state index in [1.165, 1.54) is 12.1 Å². The lowest BCUT2D eigenvalue weighted by molar-refractivity contribution is 0.297. The summed E-state index contributed by atoms with van der Waals surface area (Å²) in [6.45, 7) is 3.65. The zero-order valence-electron chi connectivity index (χ0n) is 12.8. The summed E-state index contributed by atoms with van der Waals surface area (Å²) in [5, 5.41) is 0. The number of rotatable bonds is 8. The first kappa shape index (κ1) is 16.3. The highest BCUT2D eigenvalue weighted by Gasteiger charge is 2.10. The Hall–Kier alpha value is -2.07. The molecule has 22 heavy (non-hydrogen) atoms. The summed E-state index contributed by atoms with van der Waals surface area (Å²) in [7, 11) is 0. The lowest BCUT2D eigenvalue weighted by atomic mass is 9.96. The molecule has 118 valence electrons. The molecule has 1 unspecified atom stereocenters. The highest BCUT2D eigenvalue weighted by atomic mass is 19.1. The van der Waals surface area contributed by atoms with Gasteiger partial charge in [0.25, 0.3) is 0 Å². The second-order valence-electron chi connectivity index (χ2n) is 5.03. The summed E-state index contributed by atoms with van der Waals surface area (Å²) in [5.41, 5.74) is 7.02. The molecular formula is C18H22FNO2. The average Bonchev–Trinajstić information content (AvgIpc) is 2.53. The van der Waals surface area contributed by atoms with Gasteiger partial charge in [-0.05, 0) is 55.6 Å². The van der Waals surface area contributed by atoms with Crippen LogP contribution in [0, 0.1) is 5.82 Å². The van der Waals surface area contributed by atoms with Crippen molar-refractivity contribution in [2.24, 2.45) is 5.73 Å². The van der Waals surface area contributed by atoms with Crippen molar-refractivity contribution in [1.29, 1.82) is 0 Å². The number of ether oxygens (including phenoxy) is 2. The molecule has 0 bridgehead atoms. The molecule has 0 aromatic heterocycles. The molecule has 0 aliphatic heterocycles. The van der Waals surface area contributed by atoms with Crippen LogP contribution in [0.2, 0.25) is 0 Å². The van der Waals surface area contributed by atoms with E-state index in [2.05, 4.69) is 0 Å². The SMILES string of the molecule is CCOc1ccc(C(CN)CCOc2cccc(F)c2)cc1. The fraction of sp³-hybridized carbons (Fsp3) is 0.333. The number of hydrogen-bond donors (Lipinski definition) is 1. The average molecular weight is 303 g/mol. The van der Waals surface area contributed by atoms with Crippen LogP contribution in [-0.4, -0.2) is 19.8 Å². The Morgan fingerprint density at radius 3 is 2.45 bits per heavy atom. The van der Waals surface area contributed by atoms with Crippen molar-refractivity contribution in [2.75, 3.05) is 19.8 Å². The molecule has 3 nitrogen and oxygen atoms in total. The number of hydrogen-bond acceptors (Lipinski definition) is 3. The standard InChI is InChI=1S/C18H22FNO2/c1-2-21-17-8-6-14(7-9-17)15(13-20)10-11-22-18-5-3-4-16(19)12-18/h3-9,12,15H,2,10-11,13,20H2,1H3. The maximum atomic E-state index is 13.1. The molecule has 0 amide bonds. The van der Waals surface area contributed by atoms with Gasteiger partial charge in [0.05, 0.1) is 13.2 Å². The van der Waals surface area contributed by atoms with E-state index in [1.807, 2.05) is 31.2 Å². The maximum Gasteiger partial charge on any atom is 0.126 e. The van der Waals surface area contributed by atoms with E-state index < -0.39 is 0 Å². The van der Waals surface area contributed by atoms with Crippen LogP contribution in [-0.2, 0) is 0 Å². The highest BCUT2D eigenvalue weighted by Crippen LogP contribution is 2.22. The molecule has 0 aliphatic rings. The summed E-state index contributed by atoms with van der Waals surface area (Å²) in [6.07, 6.45) is 0.779. The third-order valence-electron chi connectivity index (χ3n) is 3.48. The van der Waals surface area contributed by atoms with Gasteiger partial charge >= 0.3 is 0 Å². The predicted octanol–water partition coefficient (Wildman–Crippen LogP) is 3.74. The molecule has 0 heterocycles. The van der Waals surface area contributed by atoms with E-state index in [0.29, 0.717) is 25.5 Å². The number of halogens is 1. The van der Waals surface area contributed by atoms with Crippen molar-refractivity contribution in [3.05, 3.63) is 59.9 Å². The second kappa shape index (κ2) is 8.39. The number of nitrogens with two attached hydrogens (primary N) is 1. The van der Waals surface area contributed by atoms with E-state index in [0.717, 1.165) is 17.7 Å². The summed E-state index contributed by atoms with van der Waals surface area (Å²) in [4.78, 5) is 0. The Bertz CT molecular complexity index is 572. The topological polar surface area (TPSA) is 44.5 Å². The molecule has 0 spiro atoms. The molecule has 0 aliphatic carbocycles. The van der Waals surface area contributed by atoms with Crippen LogP contribution in [0.3, 0.4) is 0 Å². The Labute approximate surface area is 130 Å². The molecule has 2 N–H and O–H groups in total. The van der Waals surface area contributed by atoms with Gasteiger partial charge < -0.3 is 15.2 Å². The van der Waals surface area contributed by atoms with Gasteiger partial charge in [0, 0.05) is 6.07 Å². The molecule has 2 rings (SSSR count). The third kappa shape index (κ3) is 4.74. The van der Waals surface area contributed by atoms with Crippen LogP contribution in [0.15, 0.2) is 48.5 Å². The van der Waals surface area contributed by atoms with E-state index in [-0.39, 0.29) is 11.7 Å². The fourth-order valence-corrected chi connectivity index (χ4v) is 2.30. The molecule has 1 atom stereocenters. The maximum absolute atomic E-state index is 13.1. The monoisotopic (exact) mass is 303 g/mol. The predicted molar refractivity (Wildman–Crippen MR) is 85.9 cm³/mol. The Morgan fingerprint density at radius 2 is 1.82 bits per heavy atom. The van der Waals surface area contributed by atoms with Gasteiger partial charge in [-0.3, -0.25) is 0 Å². The molecular weight excluding hydrogens is 281 g/mol. The molecule has 4 heteroatoms. The van der Waals surface area contributed by atoms with Gasteiger partial charge in [-0.2, -0.15) is 0 Å². The smallest absolute Gasteiger partial charge is 0.126 e. The second-order valence-corrected chi connectivity index (χ2v) is 5.03. The summed E-state index contributed by atoms with van der Waals surface area (Å²) in [5.74, 6) is 1.32. The minimum atomic E-state index is -0.292. The van der Waals surface area contributed by atoms with Crippen LogP contribution in [0.25, 0.3) is 0 Å². The van der Waals surface area contributed by atoms with Gasteiger partial charge in [-0.25, -0.2) is 4.39 Å².